The zero-order valence-electron chi connectivity index (χ0n) is 13.4. The maximum Gasteiger partial charge on any atom is 0.191 e. The highest BCUT2D eigenvalue weighted by Gasteiger charge is 2.33. The van der Waals surface area contributed by atoms with Crippen LogP contribution in [0.4, 0.5) is 0 Å². The van der Waals surface area contributed by atoms with Crippen molar-refractivity contribution in [2.24, 2.45) is 10.4 Å². The lowest BCUT2D eigenvalue weighted by Gasteiger charge is -2.38. The normalized spacial score (nSPS) is 17.7. The van der Waals surface area contributed by atoms with Gasteiger partial charge in [-0.1, -0.05) is 25.9 Å². The molecule has 0 saturated carbocycles. The van der Waals surface area contributed by atoms with Crippen molar-refractivity contribution in [1.82, 2.24) is 15.8 Å². The number of hydrogen-bond acceptors (Lipinski definition) is 4. The van der Waals surface area contributed by atoms with Gasteiger partial charge in [0.05, 0.1) is 18.9 Å². The first-order valence-corrected chi connectivity index (χ1v) is 7.58. The molecule has 0 unspecified atom stereocenters. The topological polar surface area (TPSA) is 71.7 Å². The van der Waals surface area contributed by atoms with E-state index in [0.717, 1.165) is 43.7 Å². The molecule has 1 aliphatic heterocycles. The van der Waals surface area contributed by atoms with E-state index in [-0.39, 0.29) is 5.41 Å². The van der Waals surface area contributed by atoms with E-state index in [2.05, 4.69) is 48.5 Å². The number of rotatable bonds is 6. The molecule has 0 radical (unpaired) electrons. The number of ether oxygens (including phenoxy) is 1. The van der Waals surface area contributed by atoms with Gasteiger partial charge in [0, 0.05) is 24.6 Å². The van der Waals surface area contributed by atoms with Gasteiger partial charge in [-0.2, -0.15) is 0 Å². The van der Waals surface area contributed by atoms with Crippen LogP contribution in [0.2, 0.25) is 0 Å². The van der Waals surface area contributed by atoms with Crippen LogP contribution in [-0.4, -0.2) is 37.4 Å². The third-order valence-electron chi connectivity index (χ3n) is 3.49. The summed E-state index contributed by atoms with van der Waals surface area (Å²) in [5, 5.41) is 10.6. The van der Waals surface area contributed by atoms with Gasteiger partial charge in [0.2, 0.25) is 0 Å². The Morgan fingerprint density at radius 2 is 2.19 bits per heavy atom. The maximum atomic E-state index is 5.30. The van der Waals surface area contributed by atoms with Crippen LogP contribution in [-0.2, 0) is 11.3 Å². The second-order valence-corrected chi connectivity index (χ2v) is 6.22. The molecule has 0 atom stereocenters. The summed E-state index contributed by atoms with van der Waals surface area (Å²) in [6.07, 6.45) is 0. The number of hydrogen-bond donors (Lipinski definition) is 2. The predicted molar refractivity (Wildman–Crippen MR) is 82.3 cm³/mol. The Labute approximate surface area is 126 Å². The summed E-state index contributed by atoms with van der Waals surface area (Å²) in [6.45, 7) is 12.2. The minimum Gasteiger partial charge on any atom is -0.380 e. The van der Waals surface area contributed by atoms with Gasteiger partial charge in [-0.15, -0.1) is 0 Å². The number of nitrogens with one attached hydrogen (secondary N) is 2. The van der Waals surface area contributed by atoms with Gasteiger partial charge < -0.3 is 19.9 Å². The van der Waals surface area contributed by atoms with Gasteiger partial charge in [0.1, 0.15) is 6.54 Å². The minimum atomic E-state index is 0.216. The maximum absolute atomic E-state index is 5.30. The summed E-state index contributed by atoms with van der Waals surface area (Å²) in [7, 11) is 0. The quantitative estimate of drug-likeness (QED) is 0.619. The molecule has 6 nitrogen and oxygen atoms in total. The Morgan fingerprint density at radius 3 is 2.71 bits per heavy atom. The first-order valence-electron chi connectivity index (χ1n) is 7.58. The molecular formula is C15H26N4O2. The van der Waals surface area contributed by atoms with Gasteiger partial charge in [-0.05, 0) is 12.8 Å². The molecule has 0 aromatic carbocycles. The van der Waals surface area contributed by atoms with Crippen molar-refractivity contribution in [3.8, 4) is 0 Å². The van der Waals surface area contributed by atoms with Crippen LogP contribution < -0.4 is 10.6 Å². The van der Waals surface area contributed by atoms with Gasteiger partial charge in [0.25, 0.3) is 0 Å². The highest BCUT2D eigenvalue weighted by atomic mass is 16.5. The van der Waals surface area contributed by atoms with Crippen molar-refractivity contribution in [1.29, 1.82) is 0 Å². The van der Waals surface area contributed by atoms with Crippen LogP contribution in [0.5, 0.6) is 0 Å². The monoisotopic (exact) mass is 294 g/mol. The number of aromatic nitrogens is 1. The molecule has 2 N–H and O–H groups in total. The average molecular weight is 294 g/mol. The molecule has 2 heterocycles. The van der Waals surface area contributed by atoms with E-state index in [9.17, 15) is 0 Å². The molecule has 1 aromatic heterocycles. The molecule has 0 bridgehead atoms. The summed E-state index contributed by atoms with van der Waals surface area (Å²) in [5.74, 6) is 1.96. The van der Waals surface area contributed by atoms with E-state index in [4.69, 9.17) is 9.26 Å². The van der Waals surface area contributed by atoms with Crippen molar-refractivity contribution in [3.05, 3.63) is 17.5 Å². The Bertz CT molecular complexity index is 478. The largest absolute Gasteiger partial charge is 0.380 e. The Balaban J connectivity index is 1.89. The number of nitrogens with zero attached hydrogens (tertiary/aromatic N) is 2. The molecule has 2 rings (SSSR count). The Hall–Kier alpha value is -1.56. The minimum absolute atomic E-state index is 0.216. The molecule has 0 aliphatic carbocycles. The van der Waals surface area contributed by atoms with Crippen LogP contribution in [0.15, 0.2) is 15.6 Å². The predicted octanol–water partition coefficient (Wildman–Crippen LogP) is 1.89. The Morgan fingerprint density at radius 1 is 1.43 bits per heavy atom. The van der Waals surface area contributed by atoms with E-state index in [1.807, 2.05) is 6.07 Å². The summed E-state index contributed by atoms with van der Waals surface area (Å²) >= 11 is 0. The Kier molecular flexibility index (Phi) is 5.22. The van der Waals surface area contributed by atoms with Crippen LogP contribution >= 0.6 is 0 Å². The summed E-state index contributed by atoms with van der Waals surface area (Å²) in [5.41, 5.74) is 1.19. The van der Waals surface area contributed by atoms with Crippen LogP contribution in [0, 0.1) is 5.41 Å². The second-order valence-electron chi connectivity index (χ2n) is 6.22. The molecule has 1 saturated heterocycles. The smallest absolute Gasteiger partial charge is 0.191 e. The van der Waals surface area contributed by atoms with E-state index >= 15 is 0 Å². The average Bonchev–Trinajstić information content (AvgIpc) is 2.89. The summed E-state index contributed by atoms with van der Waals surface area (Å²) in [4.78, 5) is 4.54. The van der Waals surface area contributed by atoms with E-state index in [0.29, 0.717) is 12.5 Å². The molecule has 118 valence electrons. The fourth-order valence-electron chi connectivity index (χ4n) is 2.02. The zero-order valence-corrected chi connectivity index (χ0v) is 13.4. The first kappa shape index (κ1) is 15.8. The molecule has 1 aromatic rings. The van der Waals surface area contributed by atoms with Crippen LogP contribution in [0.3, 0.4) is 0 Å². The van der Waals surface area contributed by atoms with E-state index < -0.39 is 0 Å². The third kappa shape index (κ3) is 4.46. The lowest BCUT2D eigenvalue weighted by atomic mass is 9.89. The van der Waals surface area contributed by atoms with Gasteiger partial charge in [-0.25, -0.2) is 4.99 Å². The lowest BCUT2D eigenvalue weighted by molar-refractivity contribution is -0.0971. The molecule has 0 spiro atoms. The molecular weight excluding hydrogens is 268 g/mol. The van der Waals surface area contributed by atoms with Crippen molar-refractivity contribution in [2.75, 3.05) is 26.3 Å². The fraction of sp³-hybridized carbons (Fsp3) is 0.733. The van der Waals surface area contributed by atoms with E-state index in [1.165, 1.54) is 0 Å². The molecule has 1 fully saturated rings. The van der Waals surface area contributed by atoms with Crippen molar-refractivity contribution >= 4 is 5.96 Å². The highest BCUT2D eigenvalue weighted by molar-refractivity contribution is 5.79. The summed E-state index contributed by atoms with van der Waals surface area (Å²) in [6, 6.07) is 1.97. The molecule has 1 aliphatic rings. The van der Waals surface area contributed by atoms with Gasteiger partial charge in [-0.3, -0.25) is 0 Å². The van der Waals surface area contributed by atoms with Crippen molar-refractivity contribution in [2.45, 2.75) is 40.2 Å². The van der Waals surface area contributed by atoms with E-state index in [1.54, 1.807) is 0 Å². The van der Waals surface area contributed by atoms with Crippen LogP contribution in [0.25, 0.3) is 0 Å². The third-order valence-corrected chi connectivity index (χ3v) is 3.49. The van der Waals surface area contributed by atoms with Crippen molar-refractivity contribution < 1.29 is 9.26 Å². The van der Waals surface area contributed by atoms with Gasteiger partial charge >= 0.3 is 0 Å². The second kappa shape index (κ2) is 6.93. The fourth-order valence-corrected chi connectivity index (χ4v) is 2.02. The highest BCUT2D eigenvalue weighted by Crippen LogP contribution is 2.24. The zero-order chi connectivity index (χ0) is 15.3. The lowest BCUT2D eigenvalue weighted by Crippen LogP contribution is -2.51. The summed E-state index contributed by atoms with van der Waals surface area (Å²) < 4.78 is 10.6. The van der Waals surface area contributed by atoms with Crippen LogP contribution in [0.1, 0.15) is 45.1 Å². The van der Waals surface area contributed by atoms with Gasteiger partial charge in [0.15, 0.2) is 11.7 Å². The number of aliphatic imine (C=N–C) groups is 1. The standard InChI is InChI=1S/C15H26N4O2/c1-5-16-14(18-8-15(4)9-20-10-15)17-7-12-6-13(11(2)3)19-21-12/h6,11H,5,7-10H2,1-4H3,(H2,16,17,18). The van der Waals surface area contributed by atoms with Crippen molar-refractivity contribution in [3.63, 3.8) is 0 Å². The number of guanidine groups is 1. The SMILES string of the molecule is CCNC(=NCc1cc(C(C)C)no1)NCC1(C)COC1. The molecule has 21 heavy (non-hydrogen) atoms. The molecule has 6 heteroatoms. The first-order chi connectivity index (χ1) is 10.0. The molecule has 0 amide bonds.